The number of hydrogen-bond donors (Lipinski definition) is 2. The lowest BCUT2D eigenvalue weighted by Gasteiger charge is -2.10. The lowest BCUT2D eigenvalue weighted by atomic mass is 10.1. The van der Waals surface area contributed by atoms with Gasteiger partial charge in [0.2, 0.25) is 0 Å². The highest BCUT2D eigenvalue weighted by Crippen LogP contribution is 2.28. The van der Waals surface area contributed by atoms with Crippen LogP contribution in [0, 0.1) is 13.8 Å². The second kappa shape index (κ2) is 14.2. The molecule has 8 heteroatoms. The van der Waals surface area contributed by atoms with E-state index in [4.69, 9.17) is 18.8 Å². The number of unbranched alkanes of at least 4 members (excludes halogenated alkanes) is 5. The number of carbonyl (C=O) groups is 2. The molecular formula is C38H38N4O4. The van der Waals surface area contributed by atoms with Gasteiger partial charge in [-0.2, -0.15) is 0 Å². The molecule has 2 amide bonds. The van der Waals surface area contributed by atoms with Gasteiger partial charge in [0.15, 0.2) is 11.5 Å². The molecule has 4 heterocycles. The molecule has 0 aliphatic carbocycles. The third-order valence-corrected chi connectivity index (χ3v) is 8.08. The van der Waals surface area contributed by atoms with Crippen molar-refractivity contribution in [3.63, 3.8) is 0 Å². The van der Waals surface area contributed by atoms with Gasteiger partial charge in [-0.05, 0) is 75.2 Å². The molecule has 0 aliphatic heterocycles. The summed E-state index contributed by atoms with van der Waals surface area (Å²) in [6.07, 6.45) is 6.01. The zero-order chi connectivity index (χ0) is 31.9. The molecule has 0 saturated heterocycles. The summed E-state index contributed by atoms with van der Waals surface area (Å²) < 4.78 is 11.5. The van der Waals surface area contributed by atoms with Crippen LogP contribution >= 0.6 is 0 Å². The number of pyridine rings is 2. The van der Waals surface area contributed by atoms with Crippen LogP contribution in [0.4, 0.5) is 0 Å². The summed E-state index contributed by atoms with van der Waals surface area (Å²) in [6.45, 7) is 5.00. The Balaban J connectivity index is 0.929. The Morgan fingerprint density at radius 2 is 0.978 bits per heavy atom. The number of fused-ring (bicyclic) bond motifs is 2. The lowest BCUT2D eigenvalue weighted by molar-refractivity contribution is 0.0946. The van der Waals surface area contributed by atoms with Crippen LogP contribution in [-0.4, -0.2) is 34.9 Å². The first kappa shape index (κ1) is 30.8. The fourth-order valence-corrected chi connectivity index (χ4v) is 5.67. The quantitative estimate of drug-likeness (QED) is 0.126. The molecular weight excluding hydrogens is 576 g/mol. The highest BCUT2D eigenvalue weighted by Gasteiger charge is 2.16. The molecule has 0 aliphatic rings. The third kappa shape index (κ3) is 7.18. The van der Waals surface area contributed by atoms with Gasteiger partial charge in [-0.3, -0.25) is 9.59 Å². The first-order valence-corrected chi connectivity index (χ1v) is 16.0. The minimum atomic E-state index is -0.104. The van der Waals surface area contributed by atoms with E-state index in [2.05, 4.69) is 10.6 Å². The van der Waals surface area contributed by atoms with E-state index in [0.717, 1.165) is 71.9 Å². The van der Waals surface area contributed by atoms with E-state index < -0.39 is 0 Å². The van der Waals surface area contributed by atoms with Crippen LogP contribution in [0.5, 0.6) is 0 Å². The molecule has 6 aromatic rings. The number of nitrogens with zero attached hydrogens (tertiary/aromatic N) is 2. The predicted molar refractivity (Wildman–Crippen MR) is 181 cm³/mol. The zero-order valence-electron chi connectivity index (χ0n) is 26.3. The molecule has 0 bridgehead atoms. The maximum Gasteiger partial charge on any atom is 0.252 e. The van der Waals surface area contributed by atoms with Gasteiger partial charge in [-0.1, -0.05) is 62.1 Å². The fraction of sp³-hybridized carbons (Fsp3) is 0.263. The van der Waals surface area contributed by atoms with Crippen LogP contribution in [0.15, 0.2) is 93.8 Å². The first-order valence-electron chi connectivity index (χ1n) is 16.0. The van der Waals surface area contributed by atoms with Crippen molar-refractivity contribution in [2.75, 3.05) is 13.1 Å². The van der Waals surface area contributed by atoms with E-state index in [1.807, 2.05) is 98.8 Å². The molecule has 0 spiro atoms. The van der Waals surface area contributed by atoms with Crippen molar-refractivity contribution in [1.82, 2.24) is 20.6 Å². The zero-order valence-corrected chi connectivity index (χ0v) is 26.3. The Bertz CT molecular complexity index is 1850. The Kier molecular flexibility index (Phi) is 9.53. The van der Waals surface area contributed by atoms with Crippen molar-refractivity contribution in [3.8, 4) is 22.9 Å². The summed E-state index contributed by atoms with van der Waals surface area (Å²) in [6, 6.07) is 26.5. The van der Waals surface area contributed by atoms with Crippen molar-refractivity contribution in [2.45, 2.75) is 52.4 Å². The number of aryl methyl sites for hydroxylation is 2. The molecule has 4 aromatic heterocycles. The lowest BCUT2D eigenvalue weighted by Crippen LogP contribution is -2.25. The van der Waals surface area contributed by atoms with E-state index >= 15 is 0 Å². The Morgan fingerprint density at radius 3 is 1.39 bits per heavy atom. The molecule has 0 unspecified atom stereocenters. The molecule has 0 fully saturated rings. The van der Waals surface area contributed by atoms with Gasteiger partial charge in [-0.15, -0.1) is 0 Å². The standard InChI is InChI=1S/C38H38N4O4/c1-25-17-19-35(45-25)33-23-29(27-13-7-9-15-31(27)41-33)37(43)39-21-11-5-3-4-6-12-22-40-38(44)30-24-34(36-20-18-26(2)46-36)42-32-16-10-8-14-28(30)32/h7-10,13-20,23-24H,3-6,11-12,21-22H2,1-2H3,(H,39,43)(H,40,44). The average molecular weight is 615 g/mol. The normalized spacial score (nSPS) is 11.3. The van der Waals surface area contributed by atoms with E-state index in [1.165, 1.54) is 0 Å². The molecule has 6 rings (SSSR count). The molecule has 46 heavy (non-hydrogen) atoms. The molecule has 2 aromatic carbocycles. The smallest absolute Gasteiger partial charge is 0.252 e. The van der Waals surface area contributed by atoms with Gasteiger partial charge < -0.3 is 19.5 Å². The number of carbonyl (C=O) groups excluding carboxylic acids is 2. The van der Waals surface area contributed by atoms with E-state index in [1.54, 1.807) is 0 Å². The largest absolute Gasteiger partial charge is 0.460 e. The van der Waals surface area contributed by atoms with Crippen LogP contribution in [-0.2, 0) is 0 Å². The summed E-state index contributed by atoms with van der Waals surface area (Å²) in [7, 11) is 0. The Morgan fingerprint density at radius 1 is 0.565 bits per heavy atom. The molecule has 2 N–H and O–H groups in total. The van der Waals surface area contributed by atoms with Gasteiger partial charge in [-0.25, -0.2) is 9.97 Å². The topological polar surface area (TPSA) is 110 Å². The van der Waals surface area contributed by atoms with E-state index in [-0.39, 0.29) is 11.8 Å². The Labute approximate surface area is 268 Å². The molecule has 0 saturated carbocycles. The maximum absolute atomic E-state index is 13.2. The number of rotatable bonds is 13. The van der Waals surface area contributed by atoms with Crippen molar-refractivity contribution < 1.29 is 18.4 Å². The summed E-state index contributed by atoms with van der Waals surface area (Å²) in [5.74, 6) is 2.69. The van der Waals surface area contributed by atoms with Crippen LogP contribution in [0.25, 0.3) is 44.7 Å². The highest BCUT2D eigenvalue weighted by atomic mass is 16.3. The van der Waals surface area contributed by atoms with Crippen LogP contribution in [0.3, 0.4) is 0 Å². The molecule has 234 valence electrons. The van der Waals surface area contributed by atoms with Crippen molar-refractivity contribution in [2.24, 2.45) is 0 Å². The summed E-state index contributed by atoms with van der Waals surface area (Å²) >= 11 is 0. The minimum absolute atomic E-state index is 0.104. The summed E-state index contributed by atoms with van der Waals surface area (Å²) in [5.41, 5.74) is 4.02. The van der Waals surface area contributed by atoms with Crippen molar-refractivity contribution in [3.05, 3.63) is 108 Å². The highest BCUT2D eigenvalue weighted by molar-refractivity contribution is 6.08. The summed E-state index contributed by atoms with van der Waals surface area (Å²) in [5, 5.41) is 7.82. The van der Waals surface area contributed by atoms with Gasteiger partial charge in [0, 0.05) is 23.9 Å². The molecule has 0 atom stereocenters. The van der Waals surface area contributed by atoms with Gasteiger partial charge in [0.05, 0.1) is 22.2 Å². The van der Waals surface area contributed by atoms with Gasteiger partial charge in [0.1, 0.15) is 22.9 Å². The van der Waals surface area contributed by atoms with Crippen LogP contribution < -0.4 is 10.6 Å². The second-order valence-corrected chi connectivity index (χ2v) is 11.6. The Hall–Kier alpha value is -5.24. The number of aromatic nitrogens is 2. The first-order chi connectivity index (χ1) is 22.5. The number of nitrogens with one attached hydrogen (secondary N) is 2. The SMILES string of the molecule is Cc1ccc(-c2cc(C(=O)NCCCCCCCCNC(=O)c3cc(-c4ccc(C)o4)nc4ccccc34)c3ccccc3n2)o1. The third-order valence-electron chi connectivity index (χ3n) is 8.08. The van der Waals surface area contributed by atoms with Gasteiger partial charge >= 0.3 is 0 Å². The maximum atomic E-state index is 13.2. The van der Waals surface area contributed by atoms with Crippen molar-refractivity contribution >= 4 is 33.6 Å². The van der Waals surface area contributed by atoms with Crippen molar-refractivity contribution in [1.29, 1.82) is 0 Å². The fourth-order valence-electron chi connectivity index (χ4n) is 5.67. The molecule has 8 nitrogen and oxygen atoms in total. The van der Waals surface area contributed by atoms with Crippen LogP contribution in [0.1, 0.15) is 70.8 Å². The number of para-hydroxylation sites is 2. The number of amides is 2. The monoisotopic (exact) mass is 614 g/mol. The predicted octanol–water partition coefficient (Wildman–Crippen LogP) is 8.42. The van der Waals surface area contributed by atoms with Gasteiger partial charge in [0.25, 0.3) is 11.8 Å². The minimum Gasteiger partial charge on any atom is -0.460 e. The average Bonchev–Trinajstić information content (AvgIpc) is 3.72. The second-order valence-electron chi connectivity index (χ2n) is 11.6. The van der Waals surface area contributed by atoms with Crippen LogP contribution in [0.2, 0.25) is 0 Å². The summed E-state index contributed by atoms with van der Waals surface area (Å²) in [4.78, 5) is 35.7. The molecule has 0 radical (unpaired) electrons. The number of benzene rings is 2. The number of hydrogen-bond acceptors (Lipinski definition) is 6. The number of furan rings is 2. The van der Waals surface area contributed by atoms with E-state index in [0.29, 0.717) is 47.1 Å². The van der Waals surface area contributed by atoms with E-state index in [9.17, 15) is 9.59 Å².